The van der Waals surface area contributed by atoms with Crippen molar-refractivity contribution in [2.75, 3.05) is 13.3 Å². The summed E-state index contributed by atoms with van der Waals surface area (Å²) in [5, 5.41) is 20.0. The van der Waals surface area contributed by atoms with E-state index in [4.69, 9.17) is 0 Å². The molecule has 4 rings (SSSR count). The Labute approximate surface area is 151 Å². The number of fused-ring (bicyclic) bond motifs is 5. The maximum absolute atomic E-state index is 13.2. The summed E-state index contributed by atoms with van der Waals surface area (Å²) >= 11 is 0. The van der Waals surface area contributed by atoms with E-state index in [2.05, 4.69) is 19.6 Å². The number of aliphatic hydroxyl groups excluding tert-OH is 1. The van der Waals surface area contributed by atoms with Crippen molar-refractivity contribution in [3.8, 4) is 0 Å². The van der Waals surface area contributed by atoms with Gasteiger partial charge in [-0.25, -0.2) is 4.39 Å². The fourth-order valence-corrected chi connectivity index (χ4v) is 7.26. The SMILES string of the molecule is C=C(CO)[C@H]1CC[C@H]2[C@@H]3CC=C4C[C@@](O)(CF)CC[C@@H]4[C@H]3CC[C@]12C. The van der Waals surface area contributed by atoms with Crippen molar-refractivity contribution in [3.63, 3.8) is 0 Å². The van der Waals surface area contributed by atoms with Gasteiger partial charge in [0.25, 0.3) is 0 Å². The van der Waals surface area contributed by atoms with Crippen LogP contribution in [0, 0.1) is 35.0 Å². The summed E-state index contributed by atoms with van der Waals surface area (Å²) < 4.78 is 13.2. The second-order valence-electron chi connectivity index (χ2n) is 9.62. The molecule has 0 heterocycles. The van der Waals surface area contributed by atoms with Crippen LogP contribution in [0.1, 0.15) is 58.3 Å². The maximum atomic E-state index is 13.2. The van der Waals surface area contributed by atoms with Crippen LogP contribution in [0.4, 0.5) is 4.39 Å². The molecule has 0 radical (unpaired) electrons. The van der Waals surface area contributed by atoms with Gasteiger partial charge in [-0.2, -0.15) is 0 Å². The summed E-state index contributed by atoms with van der Waals surface area (Å²) in [5.41, 5.74) is 1.56. The molecule has 0 aromatic heterocycles. The standard InChI is InChI=1S/C22H33FO2/c1-14(12-24)19-5-6-20-18-4-3-15-11-22(25,13-23)10-8-16(15)17(18)7-9-21(19,20)2/h3,16-20,24-25H,1,4-13H2,2H3/t16-,17+,18+,19+,20-,21+,22+/m0/s1. The summed E-state index contributed by atoms with van der Waals surface area (Å²) in [5.74, 6) is 3.19. The van der Waals surface area contributed by atoms with E-state index in [1.807, 2.05) is 0 Å². The Balaban J connectivity index is 1.57. The zero-order chi connectivity index (χ0) is 17.8. The highest BCUT2D eigenvalue weighted by atomic mass is 19.1. The Bertz CT molecular complexity index is 585. The van der Waals surface area contributed by atoms with Crippen LogP contribution in [0.25, 0.3) is 0 Å². The van der Waals surface area contributed by atoms with Gasteiger partial charge < -0.3 is 10.2 Å². The first-order chi connectivity index (χ1) is 11.9. The van der Waals surface area contributed by atoms with Crippen molar-refractivity contribution in [2.24, 2.45) is 35.0 Å². The van der Waals surface area contributed by atoms with Gasteiger partial charge in [-0.05, 0) is 91.9 Å². The molecule has 0 unspecified atom stereocenters. The molecule has 2 N–H and O–H groups in total. The first-order valence-corrected chi connectivity index (χ1v) is 10.2. The normalized spacial score (nSPS) is 49.0. The zero-order valence-corrected chi connectivity index (χ0v) is 15.5. The lowest BCUT2D eigenvalue weighted by Gasteiger charge is -2.54. The quantitative estimate of drug-likeness (QED) is 0.741. The number of aliphatic hydroxyl groups is 2. The molecule has 0 aromatic carbocycles. The zero-order valence-electron chi connectivity index (χ0n) is 15.5. The van der Waals surface area contributed by atoms with Gasteiger partial charge in [-0.1, -0.05) is 25.2 Å². The van der Waals surface area contributed by atoms with Gasteiger partial charge in [-0.15, -0.1) is 0 Å². The molecule has 3 fully saturated rings. The van der Waals surface area contributed by atoms with Crippen molar-refractivity contribution < 1.29 is 14.6 Å². The minimum absolute atomic E-state index is 0.121. The van der Waals surface area contributed by atoms with E-state index < -0.39 is 12.3 Å². The predicted molar refractivity (Wildman–Crippen MR) is 97.7 cm³/mol. The first-order valence-electron chi connectivity index (χ1n) is 10.2. The van der Waals surface area contributed by atoms with Gasteiger partial charge >= 0.3 is 0 Å². The number of alkyl halides is 1. The van der Waals surface area contributed by atoms with Crippen LogP contribution >= 0.6 is 0 Å². The largest absolute Gasteiger partial charge is 0.392 e. The third-order valence-corrected chi connectivity index (χ3v) is 8.54. The van der Waals surface area contributed by atoms with Gasteiger partial charge in [0.2, 0.25) is 0 Å². The van der Waals surface area contributed by atoms with E-state index in [9.17, 15) is 14.6 Å². The fourth-order valence-electron chi connectivity index (χ4n) is 7.26. The molecular weight excluding hydrogens is 315 g/mol. The molecule has 0 bridgehead atoms. The molecule has 0 aromatic rings. The van der Waals surface area contributed by atoms with Gasteiger partial charge in [0.15, 0.2) is 0 Å². The van der Waals surface area contributed by atoms with E-state index in [1.54, 1.807) is 0 Å². The number of halogens is 1. The number of allylic oxidation sites excluding steroid dienone is 1. The molecule has 2 nitrogen and oxygen atoms in total. The number of hydrogen-bond acceptors (Lipinski definition) is 2. The van der Waals surface area contributed by atoms with E-state index in [0.29, 0.717) is 36.0 Å². The van der Waals surface area contributed by atoms with Crippen LogP contribution in [0.3, 0.4) is 0 Å². The van der Waals surface area contributed by atoms with Crippen LogP contribution in [0.15, 0.2) is 23.8 Å². The topological polar surface area (TPSA) is 40.5 Å². The third-order valence-electron chi connectivity index (χ3n) is 8.54. The van der Waals surface area contributed by atoms with Crippen LogP contribution in [-0.2, 0) is 0 Å². The Morgan fingerprint density at radius 3 is 2.76 bits per heavy atom. The minimum atomic E-state index is -1.10. The van der Waals surface area contributed by atoms with Crippen molar-refractivity contribution >= 4 is 0 Å². The van der Waals surface area contributed by atoms with Crippen LogP contribution in [0.2, 0.25) is 0 Å². The van der Waals surface area contributed by atoms with Crippen LogP contribution in [0.5, 0.6) is 0 Å². The predicted octanol–water partition coefficient (Wildman–Crippen LogP) is 4.42. The third kappa shape index (κ3) is 2.65. The molecule has 4 aliphatic carbocycles. The average molecular weight is 349 g/mol. The molecule has 25 heavy (non-hydrogen) atoms. The second-order valence-corrected chi connectivity index (χ2v) is 9.62. The van der Waals surface area contributed by atoms with Gasteiger partial charge in [0, 0.05) is 0 Å². The van der Waals surface area contributed by atoms with Crippen molar-refractivity contribution in [2.45, 2.75) is 63.9 Å². The Kier molecular flexibility index (Phi) is 4.39. The molecule has 7 atom stereocenters. The molecular formula is C22H33FO2. The van der Waals surface area contributed by atoms with Crippen LogP contribution < -0.4 is 0 Å². The van der Waals surface area contributed by atoms with Crippen LogP contribution in [-0.4, -0.2) is 29.1 Å². The highest BCUT2D eigenvalue weighted by molar-refractivity contribution is 5.23. The Morgan fingerprint density at radius 2 is 2.04 bits per heavy atom. The smallest absolute Gasteiger partial charge is 0.118 e. The highest BCUT2D eigenvalue weighted by Crippen LogP contribution is 2.64. The highest BCUT2D eigenvalue weighted by Gasteiger charge is 2.56. The van der Waals surface area contributed by atoms with Crippen molar-refractivity contribution in [1.82, 2.24) is 0 Å². The molecule has 0 aliphatic heterocycles. The lowest BCUT2D eigenvalue weighted by molar-refractivity contribution is -0.0445. The number of hydrogen-bond donors (Lipinski definition) is 2. The summed E-state index contributed by atoms with van der Waals surface area (Å²) in [6.45, 7) is 6.11. The number of rotatable bonds is 3. The molecule has 0 saturated heterocycles. The summed E-state index contributed by atoms with van der Waals surface area (Å²) in [7, 11) is 0. The van der Waals surface area contributed by atoms with E-state index in [-0.39, 0.29) is 6.61 Å². The molecule has 140 valence electrons. The molecule has 0 spiro atoms. The molecule has 4 aliphatic rings. The van der Waals surface area contributed by atoms with E-state index in [0.717, 1.165) is 30.3 Å². The Morgan fingerprint density at radius 1 is 1.24 bits per heavy atom. The Hall–Kier alpha value is -0.670. The van der Waals surface area contributed by atoms with Gasteiger partial charge in [0.1, 0.15) is 6.67 Å². The monoisotopic (exact) mass is 348 g/mol. The fraction of sp³-hybridized carbons (Fsp3) is 0.818. The maximum Gasteiger partial charge on any atom is 0.118 e. The summed E-state index contributed by atoms with van der Waals surface area (Å²) in [6.07, 6.45) is 10.4. The summed E-state index contributed by atoms with van der Waals surface area (Å²) in [4.78, 5) is 0. The average Bonchev–Trinajstić information content (AvgIpc) is 2.98. The van der Waals surface area contributed by atoms with E-state index in [1.165, 1.54) is 31.3 Å². The molecule has 0 amide bonds. The lowest BCUT2D eigenvalue weighted by Crippen LogP contribution is -2.48. The van der Waals surface area contributed by atoms with E-state index >= 15 is 0 Å². The molecule has 3 saturated carbocycles. The first kappa shape index (κ1) is 17.7. The van der Waals surface area contributed by atoms with Crippen molar-refractivity contribution in [3.05, 3.63) is 23.8 Å². The summed E-state index contributed by atoms with van der Waals surface area (Å²) in [6, 6.07) is 0. The second kappa shape index (κ2) is 6.20. The van der Waals surface area contributed by atoms with Gasteiger partial charge in [0.05, 0.1) is 12.2 Å². The molecule has 3 heteroatoms. The van der Waals surface area contributed by atoms with Gasteiger partial charge in [-0.3, -0.25) is 0 Å². The lowest BCUT2D eigenvalue weighted by atomic mass is 9.51. The minimum Gasteiger partial charge on any atom is -0.392 e. The van der Waals surface area contributed by atoms with Crippen molar-refractivity contribution in [1.29, 1.82) is 0 Å².